The maximum absolute atomic E-state index is 12.7. The number of nitrogens with zero attached hydrogens (tertiary/aromatic N) is 1. The summed E-state index contributed by atoms with van der Waals surface area (Å²) in [7, 11) is 1.20. The van der Waals surface area contributed by atoms with Gasteiger partial charge in [0.05, 0.1) is 13.0 Å². The molecule has 0 bridgehead atoms. The lowest BCUT2D eigenvalue weighted by molar-refractivity contribution is -0.148. The van der Waals surface area contributed by atoms with Crippen LogP contribution >= 0.6 is 0 Å². The molecule has 4 nitrogen and oxygen atoms in total. The van der Waals surface area contributed by atoms with Gasteiger partial charge in [0.15, 0.2) is 5.76 Å². The molecule has 1 aromatic heterocycles. The number of alkyl halides is 3. The predicted molar refractivity (Wildman–Crippen MR) is 61.3 cm³/mol. The number of carbonyl (C=O) groups is 1. The third kappa shape index (κ3) is 2.09. The molecular formula is C13H14F3NO3. The minimum Gasteiger partial charge on any atom is -0.465 e. The first-order chi connectivity index (χ1) is 9.34. The van der Waals surface area contributed by atoms with E-state index < -0.39 is 24.0 Å². The third-order valence-electron chi connectivity index (χ3n) is 4.14. The van der Waals surface area contributed by atoms with Crippen LogP contribution in [0.4, 0.5) is 13.2 Å². The number of ether oxygens (including phenoxy) is 1. The van der Waals surface area contributed by atoms with Crippen LogP contribution < -0.4 is 0 Å². The van der Waals surface area contributed by atoms with Crippen molar-refractivity contribution in [2.45, 2.75) is 37.8 Å². The summed E-state index contributed by atoms with van der Waals surface area (Å²) in [6.07, 6.45) is -3.45. The molecule has 0 amide bonds. The van der Waals surface area contributed by atoms with E-state index in [0.717, 1.165) is 6.42 Å². The Morgan fingerprint density at radius 1 is 1.35 bits per heavy atom. The van der Waals surface area contributed by atoms with Gasteiger partial charge in [0.1, 0.15) is 11.3 Å². The Morgan fingerprint density at radius 3 is 2.45 bits per heavy atom. The van der Waals surface area contributed by atoms with E-state index in [9.17, 15) is 18.0 Å². The molecule has 2 aliphatic carbocycles. The fourth-order valence-electron chi connectivity index (χ4n) is 2.68. The maximum Gasteiger partial charge on any atom is 0.392 e. The highest BCUT2D eigenvalue weighted by Gasteiger charge is 2.59. The molecule has 3 rings (SSSR count). The zero-order valence-electron chi connectivity index (χ0n) is 11.0. The zero-order chi connectivity index (χ0) is 14.7. The molecule has 0 radical (unpaired) electrons. The van der Waals surface area contributed by atoms with Gasteiger partial charge >= 0.3 is 12.1 Å². The van der Waals surface area contributed by atoms with Crippen molar-refractivity contribution in [3.05, 3.63) is 17.0 Å². The Bertz CT molecular complexity index is 552. The lowest BCUT2D eigenvalue weighted by Gasteiger charge is -2.04. The van der Waals surface area contributed by atoms with Crippen LogP contribution in [0.1, 0.15) is 53.4 Å². The molecule has 0 aliphatic heterocycles. The molecule has 4 atom stereocenters. The number of aromatic nitrogens is 1. The molecule has 20 heavy (non-hydrogen) atoms. The smallest absolute Gasteiger partial charge is 0.392 e. The fraction of sp³-hybridized carbons (Fsp3) is 0.692. The third-order valence-corrected chi connectivity index (χ3v) is 4.14. The monoisotopic (exact) mass is 289 g/mol. The number of halogens is 3. The van der Waals surface area contributed by atoms with Gasteiger partial charge in [-0.15, -0.1) is 0 Å². The van der Waals surface area contributed by atoms with Crippen LogP contribution in [-0.4, -0.2) is 24.4 Å². The average Bonchev–Trinajstić information content (AvgIpc) is 3.27. The zero-order valence-corrected chi connectivity index (χ0v) is 11.0. The topological polar surface area (TPSA) is 52.3 Å². The van der Waals surface area contributed by atoms with Crippen LogP contribution in [0.5, 0.6) is 0 Å². The maximum atomic E-state index is 12.7. The van der Waals surface area contributed by atoms with Gasteiger partial charge in [0.25, 0.3) is 0 Å². The molecule has 1 heterocycles. The van der Waals surface area contributed by atoms with E-state index in [2.05, 4.69) is 9.89 Å². The molecule has 0 N–H and O–H groups in total. The molecular weight excluding hydrogens is 275 g/mol. The normalized spacial score (nSPS) is 32.0. The Labute approximate surface area is 113 Å². The van der Waals surface area contributed by atoms with Crippen molar-refractivity contribution in [1.82, 2.24) is 5.16 Å². The second-order valence-electron chi connectivity index (χ2n) is 5.61. The van der Waals surface area contributed by atoms with Crippen LogP contribution in [-0.2, 0) is 4.74 Å². The largest absolute Gasteiger partial charge is 0.465 e. The minimum atomic E-state index is -4.26. The van der Waals surface area contributed by atoms with Gasteiger partial charge in [-0.05, 0) is 18.8 Å². The quantitative estimate of drug-likeness (QED) is 0.801. The van der Waals surface area contributed by atoms with Crippen molar-refractivity contribution < 1.29 is 27.2 Å². The summed E-state index contributed by atoms with van der Waals surface area (Å²) >= 11 is 0. The number of methoxy groups -OCH3 is 1. The summed E-state index contributed by atoms with van der Waals surface area (Å²) in [5.74, 6) is -2.07. The highest BCUT2D eigenvalue weighted by molar-refractivity contribution is 5.92. The molecule has 0 spiro atoms. The second-order valence-corrected chi connectivity index (χ2v) is 5.61. The van der Waals surface area contributed by atoms with Crippen molar-refractivity contribution in [3.8, 4) is 0 Å². The van der Waals surface area contributed by atoms with E-state index in [-0.39, 0.29) is 23.6 Å². The van der Waals surface area contributed by atoms with Crippen LogP contribution in [0, 0.1) is 11.8 Å². The number of hydrogen-bond acceptors (Lipinski definition) is 4. The first-order valence-electron chi connectivity index (χ1n) is 6.49. The van der Waals surface area contributed by atoms with Crippen molar-refractivity contribution in [1.29, 1.82) is 0 Å². The number of esters is 1. The summed E-state index contributed by atoms with van der Waals surface area (Å²) in [6, 6.07) is 0. The second kappa shape index (κ2) is 4.23. The van der Waals surface area contributed by atoms with Crippen LogP contribution in [0.25, 0.3) is 0 Å². The van der Waals surface area contributed by atoms with E-state index in [1.807, 2.05) is 6.92 Å². The summed E-state index contributed by atoms with van der Waals surface area (Å²) in [5, 5.41) is 3.73. The lowest BCUT2D eigenvalue weighted by Crippen LogP contribution is -2.13. The lowest BCUT2D eigenvalue weighted by atomic mass is 10.1. The van der Waals surface area contributed by atoms with E-state index in [1.165, 1.54) is 7.11 Å². The first-order valence-corrected chi connectivity index (χ1v) is 6.49. The van der Waals surface area contributed by atoms with E-state index in [0.29, 0.717) is 11.7 Å². The van der Waals surface area contributed by atoms with Gasteiger partial charge < -0.3 is 9.26 Å². The van der Waals surface area contributed by atoms with Crippen LogP contribution in [0.3, 0.4) is 0 Å². The predicted octanol–water partition coefficient (Wildman–Crippen LogP) is 3.25. The fourth-order valence-corrected chi connectivity index (χ4v) is 2.68. The van der Waals surface area contributed by atoms with Crippen molar-refractivity contribution >= 4 is 5.97 Å². The van der Waals surface area contributed by atoms with Gasteiger partial charge in [-0.1, -0.05) is 12.1 Å². The van der Waals surface area contributed by atoms with Gasteiger partial charge in [0, 0.05) is 11.8 Å². The summed E-state index contributed by atoms with van der Waals surface area (Å²) in [5.41, 5.74) is 0.215. The summed E-state index contributed by atoms with van der Waals surface area (Å²) < 4.78 is 47.8. The molecule has 2 saturated carbocycles. The van der Waals surface area contributed by atoms with Gasteiger partial charge in [-0.2, -0.15) is 13.2 Å². The van der Waals surface area contributed by atoms with Gasteiger partial charge in [-0.3, -0.25) is 0 Å². The molecule has 7 heteroatoms. The highest BCUT2D eigenvalue weighted by atomic mass is 19.4. The standard InChI is InChI=1S/C13H14F3NO3/c1-5-3-6(5)11-9(12(18)19-2)10(17-20-11)7-4-8(7)13(14,15)16/h5-8H,3-4H2,1-2H3. The molecule has 2 fully saturated rings. The summed E-state index contributed by atoms with van der Waals surface area (Å²) in [6.45, 7) is 1.99. The Kier molecular flexibility index (Phi) is 2.85. The van der Waals surface area contributed by atoms with E-state index in [1.54, 1.807) is 0 Å². The SMILES string of the molecule is COC(=O)c1c(C2CC2C(F)(F)F)noc1C1CC1C. The number of hydrogen-bond donors (Lipinski definition) is 0. The van der Waals surface area contributed by atoms with Crippen molar-refractivity contribution in [3.63, 3.8) is 0 Å². The summed E-state index contributed by atoms with van der Waals surface area (Å²) in [4.78, 5) is 11.8. The van der Waals surface area contributed by atoms with Gasteiger partial charge in [0.2, 0.25) is 0 Å². The Morgan fingerprint density at radius 2 is 2.00 bits per heavy atom. The molecule has 4 unspecified atom stereocenters. The molecule has 110 valence electrons. The van der Waals surface area contributed by atoms with Crippen LogP contribution in [0.2, 0.25) is 0 Å². The number of carbonyl (C=O) groups excluding carboxylic acids is 1. The molecule has 0 saturated heterocycles. The van der Waals surface area contributed by atoms with Gasteiger partial charge in [-0.25, -0.2) is 4.79 Å². The minimum absolute atomic E-state index is 0.0420. The molecule has 1 aromatic rings. The number of rotatable bonds is 3. The first kappa shape index (κ1) is 13.5. The molecule has 0 aromatic carbocycles. The Balaban J connectivity index is 1.92. The Hall–Kier alpha value is -1.53. The highest BCUT2D eigenvalue weighted by Crippen LogP contribution is 2.58. The van der Waals surface area contributed by atoms with Crippen molar-refractivity contribution in [2.24, 2.45) is 11.8 Å². The average molecular weight is 289 g/mol. The van der Waals surface area contributed by atoms with E-state index in [4.69, 9.17) is 4.52 Å². The van der Waals surface area contributed by atoms with Crippen LogP contribution in [0.15, 0.2) is 4.52 Å². The van der Waals surface area contributed by atoms with Crippen molar-refractivity contribution in [2.75, 3.05) is 7.11 Å². The van der Waals surface area contributed by atoms with E-state index >= 15 is 0 Å². The molecule has 2 aliphatic rings.